The molecular formula is C14H21N3O4S. The molecule has 1 aliphatic heterocycles. The third kappa shape index (κ3) is 3.56. The highest BCUT2D eigenvalue weighted by Gasteiger charge is 2.27. The van der Waals surface area contributed by atoms with E-state index in [4.69, 9.17) is 0 Å². The fourth-order valence-electron chi connectivity index (χ4n) is 2.53. The van der Waals surface area contributed by atoms with Crippen molar-refractivity contribution in [2.24, 2.45) is 7.05 Å². The molecule has 2 rings (SSSR count). The van der Waals surface area contributed by atoms with Gasteiger partial charge in [-0.15, -0.1) is 0 Å². The summed E-state index contributed by atoms with van der Waals surface area (Å²) in [5, 5.41) is 2.77. The van der Waals surface area contributed by atoms with E-state index in [-0.39, 0.29) is 23.7 Å². The maximum atomic E-state index is 12.3. The molecule has 1 aliphatic rings. The number of hydrogen-bond acceptors (Lipinski definition) is 4. The molecule has 22 heavy (non-hydrogen) atoms. The van der Waals surface area contributed by atoms with E-state index in [0.29, 0.717) is 19.4 Å². The molecule has 0 saturated carbocycles. The fourth-order valence-corrected chi connectivity index (χ4v) is 3.44. The predicted molar refractivity (Wildman–Crippen MR) is 83.3 cm³/mol. The third-order valence-electron chi connectivity index (χ3n) is 3.99. The Bertz CT molecular complexity index is 739. The first-order valence-corrected chi connectivity index (χ1v) is 8.97. The first kappa shape index (κ1) is 16.7. The van der Waals surface area contributed by atoms with Gasteiger partial charge in [-0.05, 0) is 31.9 Å². The van der Waals surface area contributed by atoms with Gasteiger partial charge in [-0.3, -0.25) is 9.59 Å². The Hall–Kier alpha value is -1.67. The Labute approximate surface area is 130 Å². The molecule has 8 heteroatoms. The van der Waals surface area contributed by atoms with Crippen LogP contribution in [0.25, 0.3) is 0 Å². The van der Waals surface area contributed by atoms with E-state index in [1.807, 2.05) is 0 Å². The molecule has 1 amide bonds. The molecule has 7 nitrogen and oxygen atoms in total. The van der Waals surface area contributed by atoms with Crippen LogP contribution >= 0.6 is 0 Å². The second-order valence-corrected chi connectivity index (χ2v) is 7.67. The van der Waals surface area contributed by atoms with Crippen LogP contribution in [0.1, 0.15) is 28.9 Å². The van der Waals surface area contributed by atoms with E-state index in [2.05, 4.69) is 5.32 Å². The van der Waals surface area contributed by atoms with Crippen molar-refractivity contribution in [2.75, 3.05) is 19.3 Å². The van der Waals surface area contributed by atoms with Crippen molar-refractivity contribution in [1.82, 2.24) is 14.2 Å². The van der Waals surface area contributed by atoms with Gasteiger partial charge in [0.2, 0.25) is 10.0 Å². The van der Waals surface area contributed by atoms with Crippen molar-refractivity contribution < 1.29 is 13.2 Å². The summed E-state index contributed by atoms with van der Waals surface area (Å²) in [4.78, 5) is 24.4. The number of carbonyl (C=O) groups excluding carboxylic acids is 1. The van der Waals surface area contributed by atoms with Crippen molar-refractivity contribution in [1.29, 1.82) is 0 Å². The van der Waals surface area contributed by atoms with Crippen LogP contribution in [0.5, 0.6) is 0 Å². The summed E-state index contributed by atoms with van der Waals surface area (Å²) in [5.41, 5.74) is 0.486. The van der Waals surface area contributed by atoms with Crippen molar-refractivity contribution in [3.63, 3.8) is 0 Å². The van der Waals surface area contributed by atoms with E-state index in [1.54, 1.807) is 20.0 Å². The number of nitrogens with zero attached hydrogens (tertiary/aromatic N) is 2. The van der Waals surface area contributed by atoms with E-state index in [9.17, 15) is 18.0 Å². The van der Waals surface area contributed by atoms with E-state index >= 15 is 0 Å². The van der Waals surface area contributed by atoms with Gasteiger partial charge in [0.05, 0.1) is 6.26 Å². The minimum absolute atomic E-state index is 0.0737. The molecule has 0 aliphatic carbocycles. The Balaban J connectivity index is 2.13. The molecular weight excluding hydrogens is 306 g/mol. The number of aromatic nitrogens is 1. The zero-order valence-electron chi connectivity index (χ0n) is 13.0. The molecule has 1 atom stereocenters. The van der Waals surface area contributed by atoms with Crippen LogP contribution < -0.4 is 10.9 Å². The first-order valence-electron chi connectivity index (χ1n) is 7.13. The summed E-state index contributed by atoms with van der Waals surface area (Å²) in [6.07, 6.45) is 2.54. The van der Waals surface area contributed by atoms with Crippen LogP contribution in [0.3, 0.4) is 0 Å². The number of pyridine rings is 1. The molecule has 1 aromatic heterocycles. The smallest absolute Gasteiger partial charge is 0.263 e. The molecule has 0 radical (unpaired) electrons. The number of sulfonamides is 1. The number of hydrogen-bond donors (Lipinski definition) is 1. The number of carbonyl (C=O) groups is 1. The molecule has 1 saturated heterocycles. The highest BCUT2D eigenvalue weighted by molar-refractivity contribution is 7.88. The van der Waals surface area contributed by atoms with E-state index < -0.39 is 15.9 Å². The average Bonchev–Trinajstić information content (AvgIpc) is 2.44. The fraction of sp³-hybridized carbons (Fsp3) is 0.571. The van der Waals surface area contributed by atoms with Gasteiger partial charge < -0.3 is 9.88 Å². The van der Waals surface area contributed by atoms with Gasteiger partial charge in [-0.1, -0.05) is 0 Å². The van der Waals surface area contributed by atoms with Crippen LogP contribution in [0.15, 0.2) is 16.9 Å². The van der Waals surface area contributed by atoms with Crippen molar-refractivity contribution in [3.05, 3.63) is 33.7 Å². The first-order chi connectivity index (χ1) is 10.2. The predicted octanol–water partition coefficient (Wildman–Crippen LogP) is -0.152. The van der Waals surface area contributed by atoms with Gasteiger partial charge >= 0.3 is 0 Å². The Morgan fingerprint density at radius 1 is 1.36 bits per heavy atom. The minimum atomic E-state index is -3.26. The monoisotopic (exact) mass is 327 g/mol. The standard InChI is InChI=1S/C14H21N3O4S/c1-10-6-7-12(14(19)16(10)2)13(18)15-11-5-4-8-17(9-11)22(3,20)21/h6-7,11H,4-5,8-9H2,1-3H3,(H,15,18). The molecule has 1 aromatic rings. The normalized spacial score (nSPS) is 19.9. The lowest BCUT2D eigenvalue weighted by Gasteiger charge is -2.31. The number of rotatable bonds is 3. The zero-order chi connectivity index (χ0) is 16.5. The molecule has 0 spiro atoms. The van der Waals surface area contributed by atoms with E-state index in [0.717, 1.165) is 11.9 Å². The van der Waals surface area contributed by atoms with Gasteiger partial charge in [-0.2, -0.15) is 0 Å². The lowest BCUT2D eigenvalue weighted by Crippen LogP contribution is -2.50. The van der Waals surface area contributed by atoms with Crippen LogP contribution in [0, 0.1) is 6.92 Å². The number of amides is 1. The highest BCUT2D eigenvalue weighted by Crippen LogP contribution is 2.13. The quantitative estimate of drug-likeness (QED) is 0.836. The van der Waals surface area contributed by atoms with Gasteiger partial charge in [0.1, 0.15) is 5.56 Å². The molecule has 1 fully saturated rings. The molecule has 1 unspecified atom stereocenters. The van der Waals surface area contributed by atoms with Crippen molar-refractivity contribution in [2.45, 2.75) is 25.8 Å². The molecule has 0 aromatic carbocycles. The zero-order valence-corrected chi connectivity index (χ0v) is 13.8. The van der Waals surface area contributed by atoms with Crippen LogP contribution in [-0.2, 0) is 17.1 Å². The number of piperidine rings is 1. The Morgan fingerprint density at radius 3 is 2.68 bits per heavy atom. The van der Waals surface area contributed by atoms with Gasteiger partial charge in [0.25, 0.3) is 11.5 Å². The average molecular weight is 327 g/mol. The lowest BCUT2D eigenvalue weighted by atomic mass is 10.1. The SMILES string of the molecule is Cc1ccc(C(=O)NC2CCCN(S(C)(=O)=O)C2)c(=O)n1C. The third-order valence-corrected chi connectivity index (χ3v) is 5.26. The van der Waals surface area contributed by atoms with Gasteiger partial charge in [-0.25, -0.2) is 12.7 Å². The summed E-state index contributed by atoms with van der Waals surface area (Å²) in [6.45, 7) is 2.50. The largest absolute Gasteiger partial charge is 0.348 e. The number of aryl methyl sites for hydroxylation is 1. The Kier molecular flexibility index (Phi) is 4.72. The summed E-state index contributed by atoms with van der Waals surface area (Å²) < 4.78 is 25.9. The summed E-state index contributed by atoms with van der Waals surface area (Å²) >= 11 is 0. The maximum Gasteiger partial charge on any atom is 0.263 e. The number of nitrogens with one attached hydrogen (secondary N) is 1. The van der Waals surface area contributed by atoms with Crippen LogP contribution in [0.2, 0.25) is 0 Å². The molecule has 122 valence electrons. The summed E-state index contributed by atoms with van der Waals surface area (Å²) in [7, 11) is -1.65. The second-order valence-electron chi connectivity index (χ2n) is 5.69. The second kappa shape index (κ2) is 6.21. The molecule has 2 heterocycles. The summed E-state index contributed by atoms with van der Waals surface area (Å²) in [6, 6.07) is 2.94. The van der Waals surface area contributed by atoms with Crippen LogP contribution in [-0.4, -0.2) is 48.6 Å². The van der Waals surface area contributed by atoms with Crippen LogP contribution in [0.4, 0.5) is 0 Å². The van der Waals surface area contributed by atoms with Gasteiger partial charge in [0.15, 0.2) is 0 Å². The highest BCUT2D eigenvalue weighted by atomic mass is 32.2. The Morgan fingerprint density at radius 2 is 2.05 bits per heavy atom. The topological polar surface area (TPSA) is 88.5 Å². The summed E-state index contributed by atoms with van der Waals surface area (Å²) in [5.74, 6) is -0.457. The van der Waals surface area contributed by atoms with Crippen molar-refractivity contribution in [3.8, 4) is 0 Å². The minimum Gasteiger partial charge on any atom is -0.348 e. The van der Waals surface area contributed by atoms with Gasteiger partial charge in [0, 0.05) is 31.9 Å². The lowest BCUT2D eigenvalue weighted by molar-refractivity contribution is 0.0919. The van der Waals surface area contributed by atoms with Crippen molar-refractivity contribution >= 4 is 15.9 Å². The van der Waals surface area contributed by atoms with E-state index in [1.165, 1.54) is 14.9 Å². The molecule has 1 N–H and O–H groups in total. The molecule has 0 bridgehead atoms. The maximum absolute atomic E-state index is 12.3.